The summed E-state index contributed by atoms with van der Waals surface area (Å²) >= 11 is 1.27. The quantitative estimate of drug-likeness (QED) is 0.0956. The van der Waals surface area contributed by atoms with Crippen LogP contribution in [0.2, 0.25) is 0 Å². The number of carbonyl (C=O) groups is 7. The predicted octanol–water partition coefficient (Wildman–Crippen LogP) is 1.52. The normalized spacial score (nSPS) is 13.8. The lowest BCUT2D eigenvalue weighted by molar-refractivity contribution is -0.138. The maximum Gasteiger partial charge on any atom is 0.242 e. The van der Waals surface area contributed by atoms with E-state index >= 15 is 0 Å². The Morgan fingerprint density at radius 3 is 2.15 bits per heavy atom. The second-order valence-corrected chi connectivity index (χ2v) is 12.3. The van der Waals surface area contributed by atoms with Crippen molar-refractivity contribution < 1.29 is 43.0 Å². The molecule has 5 amide bonds. The van der Waals surface area contributed by atoms with Gasteiger partial charge in [-0.15, -0.1) is 11.8 Å². The van der Waals surface area contributed by atoms with Crippen LogP contribution in [0.3, 0.4) is 0 Å². The van der Waals surface area contributed by atoms with E-state index in [0.717, 1.165) is 22.6 Å². The molecule has 1 aliphatic heterocycles. The molecule has 0 spiro atoms. The van der Waals surface area contributed by atoms with E-state index in [-0.39, 0.29) is 99.6 Å². The number of Topliss-reactive ketones (excluding diaryl/α,β-unsaturated/α-hetero) is 2. The molecule has 0 radical (unpaired) electrons. The largest absolute Gasteiger partial charge is 0.379 e. The molecular weight excluding hydrogens is 642 g/mol. The van der Waals surface area contributed by atoms with Gasteiger partial charge in [0.15, 0.2) is 0 Å². The van der Waals surface area contributed by atoms with Crippen molar-refractivity contribution in [2.75, 3.05) is 63.7 Å². The van der Waals surface area contributed by atoms with Crippen molar-refractivity contribution in [3.63, 3.8) is 0 Å². The summed E-state index contributed by atoms with van der Waals surface area (Å²) in [6.45, 7) is 7.40. The molecule has 14 nitrogen and oxygen atoms in total. The zero-order valence-corrected chi connectivity index (χ0v) is 29.1. The number of aryl methyl sites for hydroxylation is 1. The number of likely N-dealkylation sites (tertiary alicyclic amines) is 1. The van der Waals surface area contributed by atoms with Crippen molar-refractivity contribution in [3.8, 4) is 0 Å². The minimum absolute atomic E-state index is 0.00822. The topological polar surface area (TPSA) is 203 Å². The van der Waals surface area contributed by atoms with E-state index in [4.69, 9.17) is 15.2 Å². The van der Waals surface area contributed by atoms with Crippen LogP contribution in [0.5, 0.6) is 0 Å². The highest BCUT2D eigenvalue weighted by molar-refractivity contribution is 8.00. The Hall–Kier alpha value is -3.66. The number of imide groups is 1. The van der Waals surface area contributed by atoms with Gasteiger partial charge in [0.2, 0.25) is 29.5 Å². The number of nitrogens with zero attached hydrogens (tertiary/aromatic N) is 1. The summed E-state index contributed by atoms with van der Waals surface area (Å²) in [6, 6.07) is 7.54. The van der Waals surface area contributed by atoms with Crippen molar-refractivity contribution in [1.29, 1.82) is 0 Å². The Morgan fingerprint density at radius 2 is 1.50 bits per heavy atom. The lowest BCUT2D eigenvalue weighted by Crippen LogP contribution is -2.36. The van der Waals surface area contributed by atoms with Gasteiger partial charge in [0, 0.05) is 63.2 Å². The summed E-state index contributed by atoms with van der Waals surface area (Å²) in [5.74, 6) is -0.552. The molecule has 0 bridgehead atoms. The number of ether oxygens (including phenoxy) is 2. The minimum Gasteiger partial charge on any atom is -0.379 e. The first kappa shape index (κ1) is 42.4. The van der Waals surface area contributed by atoms with Crippen LogP contribution >= 0.6 is 11.8 Å². The standard InChI is InChI=1S/C25H36N4O7S.C8H15NO2/c1-18-2-4-19(5-3-18)28-23(32)7-11-35-13-14-36-12-9-27-22(31)6-10-29-24(33)16-21(25(29)34)37-15-8-20(30)17-26;1-3-4-8(11)9-6-5-7(2)10/h2-5,21H,6-17,26H2,1H3,(H,27,31)(H,28,32);3-6H2,1-2H3,(H,9,11). The first-order chi connectivity index (χ1) is 23.0. The maximum absolute atomic E-state index is 12.4. The second-order valence-electron chi connectivity index (χ2n) is 11.0. The molecule has 15 heteroatoms. The molecule has 0 saturated carbocycles. The fourth-order valence-corrected chi connectivity index (χ4v) is 5.20. The third-order valence-corrected chi connectivity index (χ3v) is 7.93. The van der Waals surface area contributed by atoms with Gasteiger partial charge in [-0.1, -0.05) is 24.6 Å². The Labute approximate surface area is 287 Å². The molecule has 1 fully saturated rings. The molecule has 5 N–H and O–H groups in total. The van der Waals surface area contributed by atoms with Crippen LogP contribution in [0.15, 0.2) is 24.3 Å². The van der Waals surface area contributed by atoms with Crippen LogP contribution in [-0.2, 0) is 43.0 Å². The molecule has 1 aromatic rings. The zero-order valence-electron chi connectivity index (χ0n) is 28.3. The van der Waals surface area contributed by atoms with Crippen LogP contribution in [0, 0.1) is 6.92 Å². The molecule has 1 heterocycles. The smallest absolute Gasteiger partial charge is 0.242 e. The Morgan fingerprint density at radius 1 is 0.854 bits per heavy atom. The molecule has 0 aliphatic carbocycles. The molecule has 1 atom stereocenters. The number of nitrogens with two attached hydrogens (primary N) is 1. The third kappa shape index (κ3) is 19.9. The van der Waals surface area contributed by atoms with E-state index in [1.165, 1.54) is 18.7 Å². The van der Waals surface area contributed by atoms with Gasteiger partial charge in [-0.2, -0.15) is 0 Å². The van der Waals surface area contributed by atoms with E-state index in [1.807, 2.05) is 38.1 Å². The predicted molar refractivity (Wildman–Crippen MR) is 183 cm³/mol. The summed E-state index contributed by atoms with van der Waals surface area (Å²) in [6.07, 6.45) is 2.43. The third-order valence-electron chi connectivity index (χ3n) is 6.72. The minimum atomic E-state index is -0.515. The van der Waals surface area contributed by atoms with Gasteiger partial charge in [0.05, 0.1) is 44.6 Å². The van der Waals surface area contributed by atoms with Gasteiger partial charge in [0.25, 0.3) is 0 Å². The van der Waals surface area contributed by atoms with E-state index in [2.05, 4.69) is 16.0 Å². The molecule has 48 heavy (non-hydrogen) atoms. The van der Waals surface area contributed by atoms with E-state index in [9.17, 15) is 33.6 Å². The van der Waals surface area contributed by atoms with Crippen LogP contribution in [0.25, 0.3) is 0 Å². The molecule has 2 rings (SSSR count). The van der Waals surface area contributed by atoms with E-state index in [1.54, 1.807) is 0 Å². The zero-order chi connectivity index (χ0) is 35.7. The van der Waals surface area contributed by atoms with Crippen LogP contribution in [0.4, 0.5) is 5.69 Å². The highest BCUT2D eigenvalue weighted by Gasteiger charge is 2.38. The number of hydrogen-bond acceptors (Lipinski definition) is 11. The number of thioether (sulfide) groups is 1. The number of hydrogen-bond donors (Lipinski definition) is 4. The molecule has 268 valence electrons. The molecule has 1 saturated heterocycles. The molecule has 1 aromatic carbocycles. The Kier molecular flexibility index (Phi) is 22.4. The van der Waals surface area contributed by atoms with Gasteiger partial charge < -0.3 is 31.2 Å². The number of nitrogens with one attached hydrogen (secondary N) is 3. The molecule has 1 aliphatic rings. The number of benzene rings is 1. The van der Waals surface area contributed by atoms with Gasteiger partial charge in [-0.3, -0.25) is 38.5 Å². The van der Waals surface area contributed by atoms with Crippen LogP contribution in [-0.4, -0.2) is 110 Å². The molecule has 1 unspecified atom stereocenters. The first-order valence-electron chi connectivity index (χ1n) is 16.2. The number of amides is 5. The first-order valence-corrected chi connectivity index (χ1v) is 17.2. The summed E-state index contributed by atoms with van der Waals surface area (Å²) in [5, 5.41) is 7.62. The van der Waals surface area contributed by atoms with Gasteiger partial charge in [-0.25, -0.2) is 0 Å². The van der Waals surface area contributed by atoms with Crippen molar-refractivity contribution in [3.05, 3.63) is 29.8 Å². The highest BCUT2D eigenvalue weighted by Crippen LogP contribution is 2.25. The Bertz CT molecular complexity index is 1200. The fraction of sp³-hybridized carbons (Fsp3) is 0.606. The number of rotatable bonds is 23. The average molecular weight is 694 g/mol. The van der Waals surface area contributed by atoms with E-state index < -0.39 is 5.25 Å². The number of carbonyl (C=O) groups excluding carboxylic acids is 7. The number of ketones is 2. The average Bonchev–Trinajstić information content (AvgIpc) is 3.31. The van der Waals surface area contributed by atoms with Gasteiger partial charge >= 0.3 is 0 Å². The van der Waals surface area contributed by atoms with Crippen LogP contribution < -0.4 is 21.7 Å². The number of anilines is 1. The van der Waals surface area contributed by atoms with Crippen molar-refractivity contribution >= 4 is 58.6 Å². The van der Waals surface area contributed by atoms with Gasteiger partial charge in [-0.05, 0) is 32.4 Å². The molecule has 0 aromatic heterocycles. The summed E-state index contributed by atoms with van der Waals surface area (Å²) in [4.78, 5) is 82.0. The van der Waals surface area contributed by atoms with Crippen LogP contribution in [0.1, 0.15) is 64.4 Å². The summed E-state index contributed by atoms with van der Waals surface area (Å²) < 4.78 is 10.8. The van der Waals surface area contributed by atoms with Crippen molar-refractivity contribution in [2.24, 2.45) is 5.73 Å². The Balaban J connectivity index is 0.000000894. The fourth-order valence-electron chi connectivity index (χ4n) is 4.04. The summed E-state index contributed by atoms with van der Waals surface area (Å²) in [5.41, 5.74) is 7.13. The van der Waals surface area contributed by atoms with E-state index in [0.29, 0.717) is 38.4 Å². The highest BCUT2D eigenvalue weighted by atomic mass is 32.2. The maximum atomic E-state index is 12.4. The summed E-state index contributed by atoms with van der Waals surface area (Å²) in [7, 11) is 0. The lowest BCUT2D eigenvalue weighted by atomic mass is 10.2. The second kappa shape index (κ2) is 25.4. The van der Waals surface area contributed by atoms with Gasteiger partial charge in [0.1, 0.15) is 11.6 Å². The van der Waals surface area contributed by atoms with Crippen molar-refractivity contribution in [1.82, 2.24) is 15.5 Å². The monoisotopic (exact) mass is 693 g/mol. The SMILES string of the molecule is CCCC(=O)NCCC(C)=O.Cc1ccc(NC(=O)CCOCCOCCNC(=O)CCN2C(=O)CC(SCCC(=O)CN)C2=O)cc1. The molecular formula is C33H51N5O9S. The van der Waals surface area contributed by atoms with Crippen molar-refractivity contribution in [2.45, 2.75) is 71.0 Å². The lowest BCUT2D eigenvalue weighted by Gasteiger charge is -2.14.